The second-order valence-corrected chi connectivity index (χ2v) is 9.68. The van der Waals surface area contributed by atoms with Crippen molar-refractivity contribution >= 4 is 33.8 Å². The van der Waals surface area contributed by atoms with E-state index in [0.29, 0.717) is 49.2 Å². The minimum absolute atomic E-state index is 0.0712. The van der Waals surface area contributed by atoms with Crippen molar-refractivity contribution in [2.24, 2.45) is 0 Å². The second kappa shape index (κ2) is 10.9. The number of piperazine rings is 1. The number of benzene rings is 2. The van der Waals surface area contributed by atoms with Crippen molar-refractivity contribution < 1.29 is 27.4 Å². The van der Waals surface area contributed by atoms with Crippen LogP contribution in [0, 0.1) is 0 Å². The van der Waals surface area contributed by atoms with Crippen LogP contribution in [0.15, 0.2) is 47.4 Å². The highest BCUT2D eigenvalue weighted by molar-refractivity contribution is 7.89. The summed E-state index contributed by atoms with van der Waals surface area (Å²) in [4.78, 5) is 12.6. The molecule has 8 nitrogen and oxygen atoms in total. The maximum atomic E-state index is 13.1. The van der Waals surface area contributed by atoms with E-state index < -0.39 is 10.0 Å². The Morgan fingerprint density at radius 1 is 1.09 bits per heavy atom. The van der Waals surface area contributed by atoms with Gasteiger partial charge in [0.05, 0.1) is 16.0 Å². The molecule has 0 spiro atoms. The minimum atomic E-state index is -3.59. The fourth-order valence-electron chi connectivity index (χ4n) is 3.27. The number of rotatable bonds is 10. The normalized spacial score (nSPS) is 15.8. The number of carbonyl (C=O) groups excluding carboxylic acids is 1. The molecule has 0 amide bonds. The summed E-state index contributed by atoms with van der Waals surface area (Å²) in [5.74, 6) is 1.04. The Kier molecular flexibility index (Phi) is 8.22. The number of hydrogen-bond donors (Lipinski definition) is 0. The van der Waals surface area contributed by atoms with Gasteiger partial charge in [0.25, 0.3) is 6.47 Å². The zero-order valence-corrected chi connectivity index (χ0v) is 19.6. The lowest BCUT2D eigenvalue weighted by atomic mass is 10.2. The number of carbonyl (C=O) groups is 1. The number of anilines is 1. The third-order valence-corrected chi connectivity index (χ3v) is 7.47. The molecular weight excluding hydrogens is 456 g/mol. The number of nitrogens with zero attached hydrogens (tertiary/aromatic N) is 2. The molecule has 1 atom stereocenters. The van der Waals surface area contributed by atoms with Gasteiger partial charge < -0.3 is 19.1 Å². The van der Waals surface area contributed by atoms with E-state index in [-0.39, 0.29) is 17.8 Å². The molecule has 1 fully saturated rings. The molecule has 1 saturated heterocycles. The van der Waals surface area contributed by atoms with E-state index >= 15 is 0 Å². The average Bonchev–Trinajstić information content (AvgIpc) is 2.81. The van der Waals surface area contributed by atoms with Gasteiger partial charge in [0.15, 0.2) is 0 Å². The van der Waals surface area contributed by atoms with Crippen LogP contribution in [-0.4, -0.2) is 58.3 Å². The fraction of sp³-hybridized carbons (Fsp3) is 0.409. The molecule has 1 aliphatic rings. The molecule has 0 saturated carbocycles. The van der Waals surface area contributed by atoms with Crippen LogP contribution < -0.4 is 14.4 Å². The highest BCUT2D eigenvalue weighted by Gasteiger charge is 2.29. The van der Waals surface area contributed by atoms with Gasteiger partial charge in [-0.1, -0.05) is 18.5 Å². The smallest absolute Gasteiger partial charge is 0.295 e. The van der Waals surface area contributed by atoms with Crippen molar-refractivity contribution in [1.82, 2.24) is 4.31 Å². The summed E-state index contributed by atoms with van der Waals surface area (Å²) in [5, 5.41) is 0.394. The zero-order chi connectivity index (χ0) is 23.1. The maximum Gasteiger partial charge on any atom is 0.295 e. The van der Waals surface area contributed by atoms with Crippen molar-refractivity contribution in [1.29, 1.82) is 0 Å². The summed E-state index contributed by atoms with van der Waals surface area (Å²) >= 11 is 6.13. The second-order valence-electron chi connectivity index (χ2n) is 7.34. The van der Waals surface area contributed by atoms with Crippen molar-refractivity contribution in [3.63, 3.8) is 0 Å². The largest absolute Gasteiger partial charge is 0.491 e. The third kappa shape index (κ3) is 5.85. The third-order valence-electron chi connectivity index (χ3n) is 5.24. The van der Waals surface area contributed by atoms with E-state index in [9.17, 15) is 13.2 Å². The molecule has 3 rings (SSSR count). The van der Waals surface area contributed by atoms with E-state index in [4.69, 9.17) is 21.1 Å². The maximum absolute atomic E-state index is 13.1. The van der Waals surface area contributed by atoms with Gasteiger partial charge in [0.2, 0.25) is 16.8 Å². The van der Waals surface area contributed by atoms with Crippen LogP contribution in [0.4, 0.5) is 5.69 Å². The molecule has 0 unspecified atom stereocenters. The summed E-state index contributed by atoms with van der Waals surface area (Å²) in [6.45, 7) is 5.79. The van der Waals surface area contributed by atoms with Gasteiger partial charge in [0.1, 0.15) is 11.5 Å². The Labute approximate surface area is 193 Å². The summed E-state index contributed by atoms with van der Waals surface area (Å²) in [6.07, 6.45) is 0.944. The van der Waals surface area contributed by atoms with Crippen LogP contribution in [0.1, 0.15) is 20.3 Å². The molecule has 1 aliphatic heterocycles. The van der Waals surface area contributed by atoms with Crippen LogP contribution in [-0.2, 0) is 19.6 Å². The zero-order valence-electron chi connectivity index (χ0n) is 18.1. The van der Waals surface area contributed by atoms with Crippen LogP contribution in [0.2, 0.25) is 5.02 Å². The molecule has 10 heteroatoms. The molecule has 0 aromatic heterocycles. The first-order valence-corrected chi connectivity index (χ1v) is 12.2. The quantitative estimate of drug-likeness (QED) is 0.291. The first-order valence-electron chi connectivity index (χ1n) is 10.3. The highest BCUT2D eigenvalue weighted by Crippen LogP contribution is 2.31. The Balaban J connectivity index is 1.63. The molecule has 0 N–H and O–H groups in total. The van der Waals surface area contributed by atoms with Crippen LogP contribution >= 0.6 is 11.6 Å². The number of ether oxygens (including phenoxy) is 3. The lowest BCUT2D eigenvalue weighted by Gasteiger charge is -2.35. The van der Waals surface area contributed by atoms with Gasteiger partial charge in [-0.15, -0.1) is 0 Å². The lowest BCUT2D eigenvalue weighted by molar-refractivity contribution is -0.134. The number of halogens is 1. The topological polar surface area (TPSA) is 85.4 Å². The highest BCUT2D eigenvalue weighted by atomic mass is 35.5. The van der Waals surface area contributed by atoms with Crippen molar-refractivity contribution in [3.8, 4) is 11.5 Å². The van der Waals surface area contributed by atoms with Gasteiger partial charge in [-0.05, 0) is 49.7 Å². The van der Waals surface area contributed by atoms with Gasteiger partial charge in [-0.25, -0.2) is 8.42 Å². The minimum Gasteiger partial charge on any atom is -0.491 e. The van der Waals surface area contributed by atoms with Crippen molar-refractivity contribution in [2.75, 3.05) is 37.9 Å². The first-order chi connectivity index (χ1) is 15.3. The fourth-order valence-corrected chi connectivity index (χ4v) is 4.86. The SMILES string of the molecule is CC[C@@H](C)Oc1ccc(S(=O)(=O)N2CCN(c3ccc(Cl)c(OCOC=O)c3)CC2)cc1. The molecule has 0 radical (unpaired) electrons. The number of sulfonamides is 1. The molecular formula is C22H27ClN2O6S. The van der Waals surface area contributed by atoms with Gasteiger partial charge in [-0.3, -0.25) is 4.79 Å². The summed E-state index contributed by atoms with van der Waals surface area (Å²) in [6, 6.07) is 11.8. The molecule has 32 heavy (non-hydrogen) atoms. The molecule has 0 bridgehead atoms. The van der Waals surface area contributed by atoms with E-state index in [2.05, 4.69) is 9.64 Å². The summed E-state index contributed by atoms with van der Waals surface area (Å²) < 4.78 is 43.2. The molecule has 2 aromatic carbocycles. The van der Waals surface area contributed by atoms with Crippen LogP contribution in [0.25, 0.3) is 0 Å². The Morgan fingerprint density at radius 2 is 1.78 bits per heavy atom. The standard InChI is InChI=1S/C22H27ClN2O6S/c1-3-17(2)31-19-5-7-20(8-6-19)32(27,28)25-12-10-24(11-13-25)18-4-9-21(23)22(14-18)30-16-29-15-26/h4-9,14-15,17H,3,10-13,16H2,1-2H3/t17-/m1/s1. The van der Waals surface area contributed by atoms with Crippen molar-refractivity contribution in [2.45, 2.75) is 31.3 Å². The average molecular weight is 483 g/mol. The predicted octanol–water partition coefficient (Wildman–Crippen LogP) is 3.54. The lowest BCUT2D eigenvalue weighted by Crippen LogP contribution is -2.48. The molecule has 0 aliphatic carbocycles. The first kappa shape index (κ1) is 24.2. The predicted molar refractivity (Wildman–Crippen MR) is 122 cm³/mol. The Hall–Kier alpha value is -2.49. The van der Waals surface area contributed by atoms with Gasteiger partial charge >= 0.3 is 0 Å². The monoisotopic (exact) mass is 482 g/mol. The molecule has 174 valence electrons. The van der Waals surface area contributed by atoms with Gasteiger partial charge in [-0.2, -0.15) is 4.31 Å². The number of hydrogen-bond acceptors (Lipinski definition) is 7. The summed E-state index contributed by atoms with van der Waals surface area (Å²) in [5.41, 5.74) is 0.846. The van der Waals surface area contributed by atoms with E-state index in [0.717, 1.165) is 12.1 Å². The van der Waals surface area contributed by atoms with Crippen molar-refractivity contribution in [3.05, 3.63) is 47.5 Å². The molecule has 2 aromatic rings. The van der Waals surface area contributed by atoms with E-state index in [1.807, 2.05) is 19.9 Å². The van der Waals surface area contributed by atoms with Gasteiger partial charge in [0, 0.05) is 37.9 Å². The van der Waals surface area contributed by atoms with Crippen LogP contribution in [0.5, 0.6) is 11.5 Å². The summed E-state index contributed by atoms with van der Waals surface area (Å²) in [7, 11) is -3.59. The van der Waals surface area contributed by atoms with E-state index in [1.165, 1.54) is 4.31 Å². The Bertz CT molecular complexity index is 1010. The van der Waals surface area contributed by atoms with Crippen LogP contribution in [0.3, 0.4) is 0 Å². The Morgan fingerprint density at radius 3 is 2.41 bits per heavy atom. The molecule has 1 heterocycles. The van der Waals surface area contributed by atoms with E-state index in [1.54, 1.807) is 36.4 Å².